The monoisotopic (exact) mass is 364 g/mol. The molecule has 23 heavy (non-hydrogen) atoms. The third kappa shape index (κ3) is 3.61. The standard InChI is InChI=1S/C15H10Cl2N4OS/c16-10-3-1-4-11(17)9(10)8-18-21-15(22)13-7-12(19-20-13)14-5-2-6-23-14/h1-8H,(H,19,20)(H,21,22). The molecule has 0 radical (unpaired) electrons. The van der Waals surface area contributed by atoms with Gasteiger partial charge in [0, 0.05) is 5.56 Å². The minimum absolute atomic E-state index is 0.246. The Labute approximate surface area is 145 Å². The van der Waals surface area contributed by atoms with Crippen LogP contribution in [0, 0.1) is 0 Å². The van der Waals surface area contributed by atoms with Crippen LogP contribution >= 0.6 is 34.5 Å². The fourth-order valence-electron chi connectivity index (χ4n) is 1.84. The van der Waals surface area contributed by atoms with E-state index >= 15 is 0 Å². The van der Waals surface area contributed by atoms with Crippen LogP contribution < -0.4 is 5.43 Å². The topological polar surface area (TPSA) is 70.1 Å². The summed E-state index contributed by atoms with van der Waals surface area (Å²) in [4.78, 5) is 13.0. The van der Waals surface area contributed by atoms with Gasteiger partial charge in [-0.05, 0) is 29.6 Å². The van der Waals surface area contributed by atoms with E-state index in [4.69, 9.17) is 23.2 Å². The van der Waals surface area contributed by atoms with Gasteiger partial charge in [0.25, 0.3) is 5.91 Å². The summed E-state index contributed by atoms with van der Waals surface area (Å²) < 4.78 is 0. The number of carbonyl (C=O) groups excluding carboxylic acids is 1. The minimum atomic E-state index is -0.427. The highest BCUT2D eigenvalue weighted by Crippen LogP contribution is 2.23. The van der Waals surface area contributed by atoms with E-state index < -0.39 is 5.91 Å². The van der Waals surface area contributed by atoms with Gasteiger partial charge in [0.1, 0.15) is 0 Å². The molecule has 0 aliphatic rings. The number of hydrogen-bond donors (Lipinski definition) is 2. The molecule has 0 saturated heterocycles. The molecule has 2 aromatic heterocycles. The number of nitrogens with zero attached hydrogens (tertiary/aromatic N) is 2. The van der Waals surface area contributed by atoms with Crippen LogP contribution in [-0.2, 0) is 0 Å². The van der Waals surface area contributed by atoms with E-state index in [1.54, 1.807) is 35.6 Å². The maximum atomic E-state index is 12.0. The van der Waals surface area contributed by atoms with Gasteiger partial charge in [-0.15, -0.1) is 11.3 Å². The van der Waals surface area contributed by atoms with Crippen molar-refractivity contribution in [1.29, 1.82) is 0 Å². The van der Waals surface area contributed by atoms with Crippen molar-refractivity contribution in [3.05, 3.63) is 63.1 Å². The number of H-pyrrole nitrogens is 1. The lowest BCUT2D eigenvalue weighted by Crippen LogP contribution is -2.18. The van der Waals surface area contributed by atoms with Gasteiger partial charge in [-0.1, -0.05) is 35.3 Å². The molecule has 1 aromatic carbocycles. The van der Waals surface area contributed by atoms with E-state index in [-0.39, 0.29) is 5.69 Å². The van der Waals surface area contributed by atoms with Crippen molar-refractivity contribution >= 4 is 46.7 Å². The van der Waals surface area contributed by atoms with Gasteiger partial charge < -0.3 is 0 Å². The van der Waals surface area contributed by atoms with Crippen molar-refractivity contribution in [2.24, 2.45) is 5.10 Å². The second-order valence-corrected chi connectivity index (χ2v) is 6.24. The van der Waals surface area contributed by atoms with E-state index in [1.165, 1.54) is 6.21 Å². The molecule has 0 bridgehead atoms. The normalized spacial score (nSPS) is 11.0. The Kier molecular flexibility index (Phi) is 4.76. The highest BCUT2D eigenvalue weighted by Gasteiger charge is 2.11. The summed E-state index contributed by atoms with van der Waals surface area (Å²) in [5, 5.41) is 13.5. The number of halogens is 2. The Hall–Kier alpha value is -2.15. The molecule has 0 unspecified atom stereocenters. The minimum Gasteiger partial charge on any atom is -0.276 e. The average molecular weight is 365 g/mol. The summed E-state index contributed by atoms with van der Waals surface area (Å²) in [6, 6.07) is 10.7. The van der Waals surface area contributed by atoms with Gasteiger partial charge in [-0.3, -0.25) is 9.89 Å². The highest BCUT2D eigenvalue weighted by atomic mass is 35.5. The Morgan fingerprint density at radius 3 is 2.74 bits per heavy atom. The third-order valence-corrected chi connectivity index (χ3v) is 4.52. The van der Waals surface area contributed by atoms with Crippen molar-refractivity contribution in [1.82, 2.24) is 15.6 Å². The first-order chi connectivity index (χ1) is 11.1. The van der Waals surface area contributed by atoms with Crippen molar-refractivity contribution in [2.75, 3.05) is 0 Å². The Morgan fingerprint density at radius 2 is 2.04 bits per heavy atom. The lowest BCUT2D eigenvalue weighted by atomic mass is 10.2. The van der Waals surface area contributed by atoms with Gasteiger partial charge in [0.05, 0.1) is 26.8 Å². The molecular formula is C15H10Cl2N4OS. The average Bonchev–Trinajstić information content (AvgIpc) is 3.20. The molecule has 0 aliphatic heterocycles. The molecule has 1 amide bonds. The van der Waals surface area contributed by atoms with Gasteiger partial charge in [-0.25, -0.2) is 5.43 Å². The quantitative estimate of drug-likeness (QED) is 0.537. The lowest BCUT2D eigenvalue weighted by Gasteiger charge is -2.00. The van der Waals surface area contributed by atoms with Gasteiger partial charge in [0.15, 0.2) is 5.69 Å². The molecule has 3 aromatic rings. The summed E-state index contributed by atoms with van der Waals surface area (Å²) in [7, 11) is 0. The van der Waals surface area contributed by atoms with Crippen LogP contribution in [-0.4, -0.2) is 22.3 Å². The number of hydrazone groups is 1. The zero-order valence-electron chi connectivity index (χ0n) is 11.6. The lowest BCUT2D eigenvalue weighted by molar-refractivity contribution is 0.0950. The molecule has 2 N–H and O–H groups in total. The smallest absolute Gasteiger partial charge is 0.276 e. The highest BCUT2D eigenvalue weighted by molar-refractivity contribution is 7.13. The summed E-state index contributed by atoms with van der Waals surface area (Å²) in [6.45, 7) is 0. The SMILES string of the molecule is O=C(NN=Cc1c(Cl)cccc1Cl)c1cc(-c2cccs2)[nH]n1. The van der Waals surface area contributed by atoms with Crippen LogP contribution in [0.15, 0.2) is 46.9 Å². The van der Waals surface area contributed by atoms with Crippen LogP contribution in [0.5, 0.6) is 0 Å². The number of benzene rings is 1. The van der Waals surface area contributed by atoms with Crippen LogP contribution in [0.2, 0.25) is 10.0 Å². The number of thiophene rings is 1. The molecule has 0 fully saturated rings. The molecule has 0 atom stereocenters. The van der Waals surface area contributed by atoms with E-state index in [0.717, 1.165) is 10.6 Å². The first-order valence-electron chi connectivity index (χ1n) is 6.52. The van der Waals surface area contributed by atoms with E-state index in [2.05, 4.69) is 20.7 Å². The predicted octanol–water partition coefficient (Wildman–Crippen LogP) is 4.21. The zero-order chi connectivity index (χ0) is 16.2. The first kappa shape index (κ1) is 15.7. The molecule has 0 spiro atoms. The van der Waals surface area contributed by atoms with Crippen molar-refractivity contribution < 1.29 is 4.79 Å². The van der Waals surface area contributed by atoms with Crippen LogP contribution in [0.25, 0.3) is 10.6 Å². The maximum absolute atomic E-state index is 12.0. The number of hydrogen-bond acceptors (Lipinski definition) is 4. The molecule has 8 heteroatoms. The van der Waals surface area contributed by atoms with E-state index in [0.29, 0.717) is 15.6 Å². The maximum Gasteiger partial charge on any atom is 0.291 e. The summed E-state index contributed by atoms with van der Waals surface area (Å²) in [5.74, 6) is -0.427. The molecule has 116 valence electrons. The van der Waals surface area contributed by atoms with Crippen molar-refractivity contribution in [3.63, 3.8) is 0 Å². The Balaban J connectivity index is 1.69. The van der Waals surface area contributed by atoms with Crippen molar-refractivity contribution in [2.45, 2.75) is 0 Å². The number of aromatic amines is 1. The van der Waals surface area contributed by atoms with Crippen LogP contribution in [0.1, 0.15) is 16.1 Å². The summed E-state index contributed by atoms with van der Waals surface area (Å²) in [5.41, 5.74) is 3.96. The van der Waals surface area contributed by atoms with Gasteiger partial charge in [-0.2, -0.15) is 10.2 Å². The Morgan fingerprint density at radius 1 is 1.26 bits per heavy atom. The number of nitrogens with one attached hydrogen (secondary N) is 2. The zero-order valence-corrected chi connectivity index (χ0v) is 13.9. The first-order valence-corrected chi connectivity index (χ1v) is 8.15. The molecule has 2 heterocycles. The van der Waals surface area contributed by atoms with Crippen LogP contribution in [0.4, 0.5) is 0 Å². The molecule has 0 aliphatic carbocycles. The number of rotatable bonds is 4. The molecule has 3 rings (SSSR count). The Bertz CT molecular complexity index is 838. The third-order valence-electron chi connectivity index (χ3n) is 2.96. The van der Waals surface area contributed by atoms with E-state index in [1.807, 2.05) is 17.5 Å². The number of aromatic nitrogens is 2. The largest absolute Gasteiger partial charge is 0.291 e. The fraction of sp³-hybridized carbons (Fsp3) is 0. The molecule has 0 saturated carbocycles. The number of carbonyl (C=O) groups is 1. The fourth-order valence-corrected chi connectivity index (χ4v) is 3.03. The molecule has 5 nitrogen and oxygen atoms in total. The predicted molar refractivity (Wildman–Crippen MR) is 93.4 cm³/mol. The second kappa shape index (κ2) is 6.95. The summed E-state index contributed by atoms with van der Waals surface area (Å²) in [6.07, 6.45) is 1.40. The van der Waals surface area contributed by atoms with Gasteiger partial charge in [0.2, 0.25) is 0 Å². The summed E-state index contributed by atoms with van der Waals surface area (Å²) >= 11 is 13.6. The van der Waals surface area contributed by atoms with Gasteiger partial charge >= 0.3 is 0 Å². The van der Waals surface area contributed by atoms with Crippen molar-refractivity contribution in [3.8, 4) is 10.6 Å². The second-order valence-electron chi connectivity index (χ2n) is 4.48. The molecular weight excluding hydrogens is 355 g/mol. The van der Waals surface area contributed by atoms with Crippen LogP contribution in [0.3, 0.4) is 0 Å². The van der Waals surface area contributed by atoms with E-state index in [9.17, 15) is 4.79 Å². The number of amides is 1.